The molecule has 3 rings (SSSR count). The number of hydrogen-bond acceptors (Lipinski definition) is 15. The number of carboxylic acid groups (broad SMARTS) is 1. The van der Waals surface area contributed by atoms with Crippen molar-refractivity contribution in [3.05, 3.63) is 0 Å². The number of ether oxygens (including phenoxy) is 4. The molecule has 16 nitrogen and oxygen atoms in total. The van der Waals surface area contributed by atoms with Crippen LogP contribution in [0.15, 0.2) is 0 Å². The van der Waals surface area contributed by atoms with Crippen molar-refractivity contribution in [3.8, 4) is 0 Å². The van der Waals surface area contributed by atoms with Crippen molar-refractivity contribution in [2.24, 2.45) is 5.73 Å². The van der Waals surface area contributed by atoms with Crippen LogP contribution in [0.1, 0.15) is 38.5 Å². The fourth-order valence-electron chi connectivity index (χ4n) is 5.46. The number of hydrogen-bond donors (Lipinski definition) is 11. The second-order valence-corrected chi connectivity index (χ2v) is 10.7. The molecule has 3 heterocycles. The predicted octanol–water partition coefficient (Wildman–Crippen LogP) is -4.92. The molecule has 3 saturated heterocycles. The molecular formula is C24H44N2O14. The SMILES string of the molecule is NCC1CCCC(CCCO[C@]2(C(=O)O)C[C@@H](O)[C@@H](O[C@H]3OC([C@@H](O)CO)[C@@H](O)C(O)[C@H]3O)C([C@H](O)CO)O2)N1. The average molecular weight is 585 g/mol. The molecule has 0 aliphatic carbocycles. The van der Waals surface area contributed by atoms with Crippen LogP contribution in [-0.2, 0) is 23.7 Å². The van der Waals surface area contributed by atoms with Crippen molar-refractivity contribution in [2.75, 3.05) is 26.4 Å². The number of carbonyl (C=O) groups is 1. The molecule has 13 atom stereocenters. The van der Waals surface area contributed by atoms with Gasteiger partial charge < -0.3 is 76.0 Å². The summed E-state index contributed by atoms with van der Waals surface area (Å²) in [4.78, 5) is 12.3. The van der Waals surface area contributed by atoms with E-state index in [2.05, 4.69) is 5.32 Å². The Morgan fingerprint density at radius 1 is 1.00 bits per heavy atom. The summed E-state index contributed by atoms with van der Waals surface area (Å²) in [5.74, 6) is -3.99. The Hall–Kier alpha value is -1.09. The Morgan fingerprint density at radius 2 is 1.65 bits per heavy atom. The van der Waals surface area contributed by atoms with Crippen LogP contribution in [0.5, 0.6) is 0 Å². The number of aliphatic hydroxyl groups is 8. The summed E-state index contributed by atoms with van der Waals surface area (Å²) < 4.78 is 22.2. The molecule has 3 aliphatic heterocycles. The van der Waals surface area contributed by atoms with Crippen molar-refractivity contribution < 1.29 is 69.7 Å². The van der Waals surface area contributed by atoms with Gasteiger partial charge in [-0.25, -0.2) is 4.79 Å². The van der Waals surface area contributed by atoms with E-state index in [1.807, 2.05) is 0 Å². The van der Waals surface area contributed by atoms with Crippen molar-refractivity contribution >= 4 is 5.97 Å². The number of piperidine rings is 1. The van der Waals surface area contributed by atoms with E-state index in [4.69, 9.17) is 24.7 Å². The van der Waals surface area contributed by atoms with Crippen LogP contribution in [0.2, 0.25) is 0 Å². The van der Waals surface area contributed by atoms with Gasteiger partial charge in [0.1, 0.15) is 48.8 Å². The molecular weight excluding hydrogens is 540 g/mol. The third-order valence-electron chi connectivity index (χ3n) is 7.76. The first-order chi connectivity index (χ1) is 19.0. The van der Waals surface area contributed by atoms with Gasteiger partial charge in [-0.3, -0.25) is 0 Å². The summed E-state index contributed by atoms with van der Waals surface area (Å²) in [5.41, 5.74) is 5.74. The highest BCUT2D eigenvalue weighted by atomic mass is 16.8. The fourth-order valence-corrected chi connectivity index (χ4v) is 5.46. The highest BCUT2D eigenvalue weighted by molar-refractivity contribution is 5.76. The molecule has 3 fully saturated rings. The molecule has 5 unspecified atom stereocenters. The summed E-state index contributed by atoms with van der Waals surface area (Å²) >= 11 is 0. The van der Waals surface area contributed by atoms with E-state index in [1.54, 1.807) is 0 Å². The summed E-state index contributed by atoms with van der Waals surface area (Å²) in [6, 6.07) is 0.410. The Labute approximate surface area is 231 Å². The highest BCUT2D eigenvalue weighted by Crippen LogP contribution is 2.36. The molecule has 0 saturated carbocycles. The van der Waals surface area contributed by atoms with E-state index in [0.717, 1.165) is 19.3 Å². The van der Waals surface area contributed by atoms with Gasteiger partial charge >= 0.3 is 5.97 Å². The second-order valence-electron chi connectivity index (χ2n) is 10.7. The molecule has 0 aromatic carbocycles. The molecule has 16 heteroatoms. The highest BCUT2D eigenvalue weighted by Gasteiger charge is 2.57. The molecule has 0 amide bonds. The van der Waals surface area contributed by atoms with E-state index < -0.39 is 92.6 Å². The topological polar surface area (TPSA) is 274 Å². The fraction of sp³-hybridized carbons (Fsp3) is 0.958. The van der Waals surface area contributed by atoms with Gasteiger partial charge in [-0.15, -0.1) is 0 Å². The molecule has 0 spiro atoms. The van der Waals surface area contributed by atoms with Crippen LogP contribution in [-0.4, -0.2) is 157 Å². The van der Waals surface area contributed by atoms with Crippen molar-refractivity contribution in [1.82, 2.24) is 5.32 Å². The van der Waals surface area contributed by atoms with Gasteiger partial charge in [0.25, 0.3) is 5.79 Å². The second kappa shape index (κ2) is 14.9. The number of rotatable bonds is 13. The van der Waals surface area contributed by atoms with Crippen LogP contribution in [0.4, 0.5) is 0 Å². The number of aliphatic hydroxyl groups excluding tert-OH is 8. The van der Waals surface area contributed by atoms with Crippen molar-refractivity contribution in [2.45, 2.75) is 118 Å². The molecule has 12 N–H and O–H groups in total. The standard InChI is InChI=1S/C24H44N2O14/c25-8-12-4-1-3-11(26-12)5-2-6-37-24(23(35)36)7-13(29)20(21(40-24)15(31)10-28)39-22-18(34)16(32)17(33)19(38-22)14(30)9-27/h11-22,26-34H,1-10,25H2,(H,35,36)/t11?,12?,13-,14+,15-,16?,17+,18-,19?,20-,21?,22-,24-/m1/s1. The van der Waals surface area contributed by atoms with Gasteiger partial charge in [0.05, 0.1) is 25.9 Å². The molecule has 40 heavy (non-hydrogen) atoms. The van der Waals surface area contributed by atoms with Crippen LogP contribution >= 0.6 is 0 Å². The lowest BCUT2D eigenvalue weighted by Crippen LogP contribution is -2.67. The Morgan fingerprint density at radius 3 is 2.27 bits per heavy atom. The predicted molar refractivity (Wildman–Crippen MR) is 132 cm³/mol. The zero-order chi connectivity index (χ0) is 29.6. The van der Waals surface area contributed by atoms with Gasteiger partial charge in [-0.2, -0.15) is 0 Å². The third kappa shape index (κ3) is 7.64. The zero-order valence-electron chi connectivity index (χ0n) is 22.1. The monoisotopic (exact) mass is 584 g/mol. The van der Waals surface area contributed by atoms with Crippen LogP contribution in [0.3, 0.4) is 0 Å². The quantitative estimate of drug-likeness (QED) is 0.0905. The summed E-state index contributed by atoms with van der Waals surface area (Å²) in [6.45, 7) is -1.33. The number of carboxylic acids is 1. The Kier molecular flexibility index (Phi) is 12.4. The van der Waals surface area contributed by atoms with Gasteiger partial charge in [-0.1, -0.05) is 6.42 Å². The average Bonchev–Trinajstić information content (AvgIpc) is 2.95. The first-order valence-corrected chi connectivity index (χ1v) is 13.6. The van der Waals surface area contributed by atoms with Gasteiger partial charge in [-0.05, 0) is 25.7 Å². The van der Waals surface area contributed by atoms with Crippen LogP contribution in [0, 0.1) is 0 Å². The van der Waals surface area contributed by atoms with E-state index >= 15 is 0 Å². The lowest BCUT2D eigenvalue weighted by atomic mass is 9.91. The summed E-state index contributed by atoms with van der Waals surface area (Å²) in [7, 11) is 0. The van der Waals surface area contributed by atoms with Crippen molar-refractivity contribution in [1.29, 1.82) is 0 Å². The number of aliphatic carboxylic acids is 1. The van der Waals surface area contributed by atoms with E-state index in [0.29, 0.717) is 19.4 Å². The largest absolute Gasteiger partial charge is 0.477 e. The number of nitrogens with two attached hydrogens (primary N) is 1. The Balaban J connectivity index is 1.70. The minimum Gasteiger partial charge on any atom is -0.477 e. The molecule has 0 aromatic heterocycles. The molecule has 0 aromatic rings. The maximum Gasteiger partial charge on any atom is 0.364 e. The van der Waals surface area contributed by atoms with Gasteiger partial charge in [0.2, 0.25) is 0 Å². The van der Waals surface area contributed by atoms with E-state index in [1.165, 1.54) is 0 Å². The zero-order valence-corrected chi connectivity index (χ0v) is 22.1. The first-order valence-electron chi connectivity index (χ1n) is 13.6. The lowest BCUT2D eigenvalue weighted by molar-refractivity contribution is -0.369. The molecule has 0 radical (unpaired) electrons. The van der Waals surface area contributed by atoms with Crippen LogP contribution in [0.25, 0.3) is 0 Å². The normalized spacial score (nSPS) is 42.3. The number of nitrogens with one attached hydrogen (secondary N) is 1. The maximum absolute atomic E-state index is 12.3. The third-order valence-corrected chi connectivity index (χ3v) is 7.76. The molecule has 234 valence electrons. The first kappa shape index (κ1) is 33.4. The molecule has 0 bridgehead atoms. The summed E-state index contributed by atoms with van der Waals surface area (Å²) in [5, 5.41) is 94.2. The van der Waals surface area contributed by atoms with E-state index in [-0.39, 0.29) is 18.7 Å². The minimum atomic E-state index is -2.41. The maximum atomic E-state index is 12.3. The van der Waals surface area contributed by atoms with E-state index in [9.17, 15) is 50.8 Å². The van der Waals surface area contributed by atoms with Gasteiger partial charge in [0.15, 0.2) is 6.29 Å². The van der Waals surface area contributed by atoms with Gasteiger partial charge in [0, 0.05) is 25.0 Å². The van der Waals surface area contributed by atoms with Crippen LogP contribution < -0.4 is 11.1 Å². The Bertz CT molecular complexity index is 797. The lowest BCUT2D eigenvalue weighted by Gasteiger charge is -2.48. The molecule has 3 aliphatic rings. The smallest absolute Gasteiger partial charge is 0.364 e. The minimum absolute atomic E-state index is 0.0623. The van der Waals surface area contributed by atoms with Crippen molar-refractivity contribution in [3.63, 3.8) is 0 Å². The summed E-state index contributed by atoms with van der Waals surface area (Å²) in [6.07, 6.45) is -14.1.